The predicted octanol–water partition coefficient (Wildman–Crippen LogP) is 2.85. The first kappa shape index (κ1) is 17.8. The number of unbranched alkanes of at least 4 members (excludes halogenated alkanes) is 1. The van der Waals surface area contributed by atoms with Crippen LogP contribution in [0.3, 0.4) is 0 Å². The lowest BCUT2D eigenvalue weighted by Gasteiger charge is -2.19. The number of benzene rings is 1. The topological polar surface area (TPSA) is 98.2 Å². The molecule has 0 radical (unpaired) electrons. The van der Waals surface area contributed by atoms with E-state index in [-0.39, 0.29) is 4.90 Å². The van der Waals surface area contributed by atoms with Crippen molar-refractivity contribution in [3.05, 3.63) is 17.7 Å². The minimum Gasteiger partial charge on any atom is -0.399 e. The highest BCUT2D eigenvalue weighted by molar-refractivity contribution is 7.89. The van der Waals surface area contributed by atoms with Gasteiger partial charge in [-0.25, -0.2) is 13.6 Å². The summed E-state index contributed by atoms with van der Waals surface area (Å²) in [6, 6.07) is 3.17. The van der Waals surface area contributed by atoms with Gasteiger partial charge in [0.25, 0.3) is 0 Å². The highest BCUT2D eigenvalue weighted by Gasteiger charge is 2.16. The first-order chi connectivity index (χ1) is 9.79. The third-order valence-corrected chi connectivity index (χ3v) is 4.85. The summed E-state index contributed by atoms with van der Waals surface area (Å²) in [5, 5.41) is 8.56. The third-order valence-electron chi connectivity index (χ3n) is 3.81. The Labute approximate surface area is 128 Å². The Kier molecular flexibility index (Phi) is 6.48. The fourth-order valence-corrected chi connectivity index (χ4v) is 3.22. The van der Waals surface area contributed by atoms with Crippen LogP contribution in [0.5, 0.6) is 0 Å². The minimum atomic E-state index is -3.76. The molecule has 0 aromatic heterocycles. The SMILES string of the molecule is CCCCC(CC)CNc1cc(N)cc(S(N)(=O)=O)c1C. The van der Waals surface area contributed by atoms with Gasteiger partial charge in [0, 0.05) is 17.9 Å². The van der Waals surface area contributed by atoms with Gasteiger partial charge in [0.1, 0.15) is 0 Å². The normalized spacial score (nSPS) is 13.1. The third kappa shape index (κ3) is 5.21. The van der Waals surface area contributed by atoms with Crippen molar-refractivity contribution >= 4 is 21.4 Å². The van der Waals surface area contributed by atoms with Crippen molar-refractivity contribution in [1.29, 1.82) is 0 Å². The molecule has 0 aliphatic rings. The van der Waals surface area contributed by atoms with Crippen LogP contribution in [0.2, 0.25) is 0 Å². The van der Waals surface area contributed by atoms with Gasteiger partial charge in [0.15, 0.2) is 0 Å². The molecule has 21 heavy (non-hydrogen) atoms. The number of rotatable bonds is 8. The molecule has 5 nitrogen and oxygen atoms in total. The van der Waals surface area contributed by atoms with Crippen molar-refractivity contribution in [2.24, 2.45) is 11.1 Å². The number of hydrogen-bond acceptors (Lipinski definition) is 4. The van der Waals surface area contributed by atoms with Crippen LogP contribution >= 0.6 is 0 Å². The molecular weight excluding hydrogens is 286 g/mol. The van der Waals surface area contributed by atoms with E-state index in [1.807, 2.05) is 0 Å². The summed E-state index contributed by atoms with van der Waals surface area (Å²) < 4.78 is 23.2. The maximum absolute atomic E-state index is 11.6. The Balaban J connectivity index is 2.91. The maximum atomic E-state index is 11.6. The summed E-state index contributed by atoms with van der Waals surface area (Å²) in [4.78, 5) is 0.0895. The largest absolute Gasteiger partial charge is 0.399 e. The van der Waals surface area contributed by atoms with Gasteiger partial charge in [-0.15, -0.1) is 0 Å². The zero-order chi connectivity index (χ0) is 16.0. The van der Waals surface area contributed by atoms with Gasteiger partial charge >= 0.3 is 0 Å². The van der Waals surface area contributed by atoms with Crippen LogP contribution in [0.25, 0.3) is 0 Å². The van der Waals surface area contributed by atoms with Crippen molar-refractivity contribution in [3.63, 3.8) is 0 Å². The number of primary sulfonamides is 1. The van der Waals surface area contributed by atoms with E-state index in [1.54, 1.807) is 13.0 Å². The lowest BCUT2D eigenvalue weighted by atomic mass is 9.99. The second-order valence-electron chi connectivity index (χ2n) is 5.53. The zero-order valence-corrected chi connectivity index (χ0v) is 14.0. The van der Waals surface area contributed by atoms with Crippen molar-refractivity contribution in [3.8, 4) is 0 Å². The van der Waals surface area contributed by atoms with E-state index in [1.165, 1.54) is 25.3 Å². The van der Waals surface area contributed by atoms with Crippen LogP contribution in [-0.4, -0.2) is 15.0 Å². The molecule has 0 fully saturated rings. The number of nitrogen functional groups attached to an aromatic ring is 1. The summed E-state index contributed by atoms with van der Waals surface area (Å²) in [5.74, 6) is 0.573. The van der Waals surface area contributed by atoms with E-state index in [2.05, 4.69) is 19.2 Å². The van der Waals surface area contributed by atoms with Crippen LogP contribution in [0.15, 0.2) is 17.0 Å². The van der Waals surface area contributed by atoms with Crippen molar-refractivity contribution < 1.29 is 8.42 Å². The van der Waals surface area contributed by atoms with Crippen molar-refractivity contribution in [2.45, 2.75) is 51.3 Å². The lowest BCUT2D eigenvalue weighted by Crippen LogP contribution is -2.18. The molecule has 0 spiro atoms. The van der Waals surface area contributed by atoms with Gasteiger partial charge in [-0.2, -0.15) is 0 Å². The quantitative estimate of drug-likeness (QED) is 0.643. The summed E-state index contributed by atoms with van der Waals surface area (Å²) in [7, 11) is -3.76. The monoisotopic (exact) mass is 313 g/mol. The molecule has 1 unspecified atom stereocenters. The Morgan fingerprint density at radius 1 is 1.29 bits per heavy atom. The first-order valence-corrected chi connectivity index (χ1v) is 9.01. The molecule has 1 rings (SSSR count). The Hall–Kier alpha value is -1.27. The van der Waals surface area contributed by atoms with Crippen molar-refractivity contribution in [1.82, 2.24) is 0 Å². The van der Waals surface area contributed by atoms with Crippen LogP contribution in [0.4, 0.5) is 11.4 Å². The molecule has 1 aromatic carbocycles. The highest BCUT2D eigenvalue weighted by Crippen LogP contribution is 2.26. The van der Waals surface area contributed by atoms with Crippen molar-refractivity contribution in [2.75, 3.05) is 17.6 Å². The molecule has 1 atom stereocenters. The summed E-state index contributed by atoms with van der Waals surface area (Å²) in [6.45, 7) is 6.91. The van der Waals surface area contributed by atoms with E-state index < -0.39 is 10.0 Å². The number of sulfonamides is 1. The van der Waals surface area contributed by atoms with Gasteiger partial charge in [-0.3, -0.25) is 0 Å². The molecule has 0 bridgehead atoms. The first-order valence-electron chi connectivity index (χ1n) is 7.46. The average molecular weight is 313 g/mol. The van der Waals surface area contributed by atoms with Gasteiger partial charge in [-0.05, 0) is 37.0 Å². The number of nitrogens with one attached hydrogen (secondary N) is 1. The number of nitrogens with two attached hydrogens (primary N) is 2. The van der Waals surface area contributed by atoms with Gasteiger partial charge < -0.3 is 11.1 Å². The van der Waals surface area contributed by atoms with E-state index in [9.17, 15) is 8.42 Å². The second-order valence-corrected chi connectivity index (χ2v) is 7.06. The summed E-state index contributed by atoms with van der Waals surface area (Å²) >= 11 is 0. The van der Waals surface area contributed by atoms with E-state index in [0.29, 0.717) is 17.2 Å². The molecule has 0 aliphatic carbocycles. The van der Waals surface area contributed by atoms with Crippen LogP contribution in [-0.2, 0) is 10.0 Å². The molecule has 5 N–H and O–H groups in total. The highest BCUT2D eigenvalue weighted by atomic mass is 32.2. The van der Waals surface area contributed by atoms with Gasteiger partial charge in [0.05, 0.1) is 4.90 Å². The molecular formula is C15H27N3O2S. The molecule has 6 heteroatoms. The molecule has 0 amide bonds. The number of anilines is 2. The van der Waals surface area contributed by atoms with E-state index >= 15 is 0 Å². The van der Waals surface area contributed by atoms with Crippen LogP contribution in [0.1, 0.15) is 45.1 Å². The fourth-order valence-electron chi connectivity index (χ4n) is 2.39. The molecule has 120 valence electrons. The van der Waals surface area contributed by atoms with Crippen LogP contribution in [0, 0.1) is 12.8 Å². The van der Waals surface area contributed by atoms with Gasteiger partial charge in [0.2, 0.25) is 10.0 Å². The Morgan fingerprint density at radius 2 is 1.95 bits per heavy atom. The average Bonchev–Trinajstić information content (AvgIpc) is 2.41. The zero-order valence-electron chi connectivity index (χ0n) is 13.1. The Morgan fingerprint density at radius 3 is 2.48 bits per heavy atom. The Bertz CT molecular complexity index is 571. The van der Waals surface area contributed by atoms with E-state index in [4.69, 9.17) is 10.9 Å². The van der Waals surface area contributed by atoms with E-state index in [0.717, 1.165) is 18.7 Å². The fraction of sp³-hybridized carbons (Fsp3) is 0.600. The molecule has 0 heterocycles. The summed E-state index contributed by atoms with van der Waals surface area (Å²) in [5.41, 5.74) is 7.55. The molecule has 0 aliphatic heterocycles. The maximum Gasteiger partial charge on any atom is 0.238 e. The predicted molar refractivity (Wildman–Crippen MR) is 88.8 cm³/mol. The molecule has 0 saturated heterocycles. The van der Waals surface area contributed by atoms with Crippen LogP contribution < -0.4 is 16.2 Å². The standard InChI is InChI=1S/C15H27N3O2S/c1-4-6-7-12(5-2)10-18-14-8-13(16)9-15(11(14)3)21(17,19)20/h8-9,12,18H,4-7,10,16H2,1-3H3,(H2,17,19,20). The smallest absolute Gasteiger partial charge is 0.238 e. The summed E-state index contributed by atoms with van der Waals surface area (Å²) in [6.07, 6.45) is 4.65. The molecule has 0 saturated carbocycles. The lowest BCUT2D eigenvalue weighted by molar-refractivity contribution is 0.472. The number of hydrogen-bond donors (Lipinski definition) is 3. The molecule has 1 aromatic rings. The second kappa shape index (κ2) is 7.66. The minimum absolute atomic E-state index is 0.0895. The van der Waals surface area contributed by atoms with Gasteiger partial charge in [-0.1, -0.05) is 33.1 Å².